The highest BCUT2D eigenvalue weighted by atomic mass is 32.1. The molecule has 0 bridgehead atoms. The maximum absolute atomic E-state index is 11.4. The van der Waals surface area contributed by atoms with Crippen molar-refractivity contribution in [3.8, 4) is 6.07 Å². The summed E-state index contributed by atoms with van der Waals surface area (Å²) in [4.78, 5) is 10.1. The van der Waals surface area contributed by atoms with Crippen LogP contribution in [0.15, 0.2) is 18.2 Å². The van der Waals surface area contributed by atoms with E-state index >= 15 is 0 Å². The van der Waals surface area contributed by atoms with Gasteiger partial charge >= 0.3 is 5.01 Å². The largest absolute Gasteiger partial charge is 0.617 e. The zero-order valence-electron chi connectivity index (χ0n) is 7.21. The Bertz CT molecular complexity index is 599. The lowest BCUT2D eigenvalue weighted by Crippen LogP contribution is -2.27. The Labute approximate surface area is 87.3 Å². The second-order valence-electron chi connectivity index (χ2n) is 2.70. The van der Waals surface area contributed by atoms with E-state index in [2.05, 4.69) is 0 Å². The predicted octanol–water partition coefficient (Wildman–Crippen LogP) is 1.31. The van der Waals surface area contributed by atoms with E-state index in [1.54, 1.807) is 6.07 Å². The number of nitrogens with zero attached hydrogens (tertiary/aromatic N) is 3. The molecule has 0 fully saturated rings. The SMILES string of the molecule is N#Cc1sc2c([N+](=O)[O-])cccc2[n+]1[O-]. The zero-order valence-corrected chi connectivity index (χ0v) is 8.02. The molecule has 2 rings (SSSR count). The number of aromatic nitrogens is 1. The molecule has 6 nitrogen and oxygen atoms in total. The predicted molar refractivity (Wildman–Crippen MR) is 52.2 cm³/mol. The summed E-state index contributed by atoms with van der Waals surface area (Å²) in [7, 11) is 0. The number of hydrogen-bond acceptors (Lipinski definition) is 5. The monoisotopic (exact) mass is 221 g/mol. The van der Waals surface area contributed by atoms with Crippen molar-refractivity contribution in [1.82, 2.24) is 0 Å². The minimum Gasteiger partial charge on any atom is -0.617 e. The van der Waals surface area contributed by atoms with Crippen LogP contribution in [0.3, 0.4) is 0 Å². The fourth-order valence-electron chi connectivity index (χ4n) is 1.24. The Balaban J connectivity index is 2.89. The number of thiazole rings is 1. The second-order valence-corrected chi connectivity index (χ2v) is 3.69. The zero-order chi connectivity index (χ0) is 11.0. The molecule has 0 atom stereocenters. The van der Waals surface area contributed by atoms with Gasteiger partial charge in [-0.3, -0.25) is 10.1 Å². The van der Waals surface area contributed by atoms with Crippen molar-refractivity contribution in [2.75, 3.05) is 0 Å². The van der Waals surface area contributed by atoms with Gasteiger partial charge in [0.25, 0.3) is 5.69 Å². The molecular formula is C8H3N3O3S. The summed E-state index contributed by atoms with van der Waals surface area (Å²) in [6.45, 7) is 0. The van der Waals surface area contributed by atoms with Crippen LogP contribution in [0, 0.1) is 26.7 Å². The molecule has 0 radical (unpaired) electrons. The van der Waals surface area contributed by atoms with E-state index in [4.69, 9.17) is 5.26 Å². The number of benzene rings is 1. The van der Waals surface area contributed by atoms with Crippen molar-refractivity contribution < 1.29 is 9.65 Å². The average Bonchev–Trinajstić information content (AvgIpc) is 2.55. The quantitative estimate of drug-likeness (QED) is 0.314. The summed E-state index contributed by atoms with van der Waals surface area (Å²) in [5, 5.41) is 30.6. The fourth-order valence-corrected chi connectivity index (χ4v) is 2.16. The lowest BCUT2D eigenvalue weighted by atomic mass is 10.3. The molecule has 15 heavy (non-hydrogen) atoms. The van der Waals surface area contributed by atoms with E-state index in [9.17, 15) is 15.3 Å². The first kappa shape index (κ1) is 9.36. The van der Waals surface area contributed by atoms with Crippen molar-refractivity contribution in [2.45, 2.75) is 0 Å². The number of rotatable bonds is 1. The van der Waals surface area contributed by atoms with Crippen LogP contribution >= 0.6 is 11.3 Å². The highest BCUT2D eigenvalue weighted by Gasteiger charge is 2.23. The van der Waals surface area contributed by atoms with Crippen molar-refractivity contribution >= 4 is 27.2 Å². The lowest BCUT2D eigenvalue weighted by Gasteiger charge is -1.92. The Morgan fingerprint density at radius 2 is 2.27 bits per heavy atom. The number of nitro benzene ring substituents is 1. The van der Waals surface area contributed by atoms with E-state index in [1.165, 1.54) is 18.2 Å². The molecule has 0 amide bonds. The van der Waals surface area contributed by atoms with Crippen LogP contribution in [0.25, 0.3) is 10.2 Å². The third-order valence-electron chi connectivity index (χ3n) is 1.87. The highest BCUT2D eigenvalue weighted by molar-refractivity contribution is 7.19. The third-order valence-corrected chi connectivity index (χ3v) is 2.94. The molecule has 0 N–H and O–H groups in total. The van der Waals surface area contributed by atoms with Crippen molar-refractivity contribution in [3.63, 3.8) is 0 Å². The van der Waals surface area contributed by atoms with E-state index in [-0.39, 0.29) is 20.9 Å². The van der Waals surface area contributed by atoms with E-state index in [0.29, 0.717) is 4.73 Å². The van der Waals surface area contributed by atoms with Crippen LogP contribution in [0.2, 0.25) is 0 Å². The number of nitriles is 1. The summed E-state index contributed by atoms with van der Waals surface area (Å²) < 4.78 is 0.640. The van der Waals surface area contributed by atoms with Gasteiger partial charge in [-0.2, -0.15) is 5.26 Å². The number of fused-ring (bicyclic) bond motifs is 1. The van der Waals surface area contributed by atoms with Crippen molar-refractivity contribution in [1.29, 1.82) is 5.26 Å². The first-order chi connectivity index (χ1) is 7.15. The molecule has 7 heteroatoms. The molecule has 1 aromatic carbocycles. The van der Waals surface area contributed by atoms with Crippen LogP contribution in [0.5, 0.6) is 0 Å². The Kier molecular flexibility index (Phi) is 1.98. The molecule has 1 heterocycles. The Hall–Kier alpha value is -2.20. The van der Waals surface area contributed by atoms with Gasteiger partial charge in [-0.05, 0) is 17.4 Å². The molecular weight excluding hydrogens is 218 g/mol. The fraction of sp³-hybridized carbons (Fsp3) is 0. The number of nitro groups is 1. The molecule has 0 aliphatic rings. The van der Waals surface area contributed by atoms with Crippen LogP contribution in [0.4, 0.5) is 5.69 Å². The second kappa shape index (κ2) is 3.18. The van der Waals surface area contributed by atoms with Gasteiger partial charge in [-0.1, -0.05) is 0 Å². The molecule has 2 aromatic rings. The number of hydrogen-bond donors (Lipinski definition) is 0. The summed E-state index contributed by atoms with van der Waals surface area (Å²) >= 11 is 0.827. The molecule has 74 valence electrons. The maximum atomic E-state index is 11.4. The van der Waals surface area contributed by atoms with E-state index in [0.717, 1.165) is 11.3 Å². The standard InChI is InChI=1S/C8H3N3O3S/c9-4-7-10(12)5-2-1-3-6(11(13)14)8(5)15-7/h1-3H. The lowest BCUT2D eigenvalue weighted by molar-refractivity contribution is -0.574. The maximum Gasteiger partial charge on any atom is 0.353 e. The molecule has 0 spiro atoms. The topological polar surface area (TPSA) is 93.9 Å². The molecule has 0 unspecified atom stereocenters. The van der Waals surface area contributed by atoms with Gasteiger partial charge in [-0.15, -0.1) is 4.73 Å². The smallest absolute Gasteiger partial charge is 0.353 e. The summed E-state index contributed by atoms with van der Waals surface area (Å²) in [5.74, 6) is 0. The van der Waals surface area contributed by atoms with Gasteiger partial charge < -0.3 is 5.21 Å². The van der Waals surface area contributed by atoms with E-state index in [1.807, 2.05) is 0 Å². The van der Waals surface area contributed by atoms with Gasteiger partial charge in [0.05, 0.1) is 4.92 Å². The molecule has 0 aliphatic heterocycles. The van der Waals surface area contributed by atoms with Crippen LogP contribution in [-0.4, -0.2) is 4.92 Å². The van der Waals surface area contributed by atoms with E-state index < -0.39 is 4.92 Å². The van der Waals surface area contributed by atoms with Gasteiger partial charge in [0, 0.05) is 12.1 Å². The normalized spacial score (nSPS) is 10.1. The molecule has 1 aromatic heterocycles. The first-order valence-electron chi connectivity index (χ1n) is 3.84. The third kappa shape index (κ3) is 1.28. The minimum atomic E-state index is -0.569. The summed E-state index contributed by atoms with van der Waals surface area (Å²) in [6.07, 6.45) is 0. The van der Waals surface area contributed by atoms with Crippen LogP contribution in [-0.2, 0) is 0 Å². The van der Waals surface area contributed by atoms with Crippen molar-refractivity contribution in [2.24, 2.45) is 0 Å². The van der Waals surface area contributed by atoms with Crippen LogP contribution in [0.1, 0.15) is 5.01 Å². The van der Waals surface area contributed by atoms with Gasteiger partial charge in [0.15, 0.2) is 10.8 Å². The highest BCUT2D eigenvalue weighted by Crippen LogP contribution is 2.29. The van der Waals surface area contributed by atoms with Crippen molar-refractivity contribution in [3.05, 3.63) is 38.5 Å². The van der Waals surface area contributed by atoms with Gasteiger partial charge in [0.2, 0.25) is 5.52 Å². The average molecular weight is 221 g/mol. The Morgan fingerprint density at radius 1 is 1.53 bits per heavy atom. The van der Waals surface area contributed by atoms with Crippen LogP contribution < -0.4 is 4.73 Å². The molecule has 0 saturated heterocycles. The minimum absolute atomic E-state index is 0.0979. The molecule has 0 saturated carbocycles. The first-order valence-corrected chi connectivity index (χ1v) is 4.66. The van der Waals surface area contributed by atoms with Gasteiger partial charge in [0.1, 0.15) is 0 Å². The Morgan fingerprint density at radius 3 is 2.87 bits per heavy atom. The number of non-ortho nitro benzene ring substituents is 1. The van der Waals surface area contributed by atoms with Gasteiger partial charge in [-0.25, -0.2) is 0 Å². The summed E-state index contributed by atoms with van der Waals surface area (Å²) in [5.41, 5.74) is 0.00866. The molecule has 0 aliphatic carbocycles. The summed E-state index contributed by atoms with van der Waals surface area (Å²) in [6, 6.07) is 5.87.